The lowest BCUT2D eigenvalue weighted by Crippen LogP contribution is -2.47. The molecule has 5 rings (SSSR count). The third-order valence-corrected chi connectivity index (χ3v) is 8.87. The lowest BCUT2D eigenvalue weighted by Gasteiger charge is -2.34. The second-order valence-electron chi connectivity index (χ2n) is 10.2. The zero-order valence-electron chi connectivity index (χ0n) is 23.0. The molecule has 8 nitrogen and oxygen atoms in total. The van der Waals surface area contributed by atoms with Crippen LogP contribution in [0.4, 0.5) is 11.4 Å². The molecular weight excluding hydrogens is 608 g/mol. The molecule has 2 N–H and O–H groups in total. The Morgan fingerprint density at radius 3 is 2.54 bits per heavy atom. The maximum atomic E-state index is 12.9. The largest absolute Gasteiger partial charge is 0.496 e. The fourth-order valence-electron chi connectivity index (χ4n) is 4.66. The van der Waals surface area contributed by atoms with Gasteiger partial charge < -0.3 is 24.8 Å². The Hall–Kier alpha value is -3.76. The number of halogens is 1. The highest BCUT2D eigenvalue weighted by Gasteiger charge is 2.35. The van der Waals surface area contributed by atoms with E-state index in [9.17, 15) is 14.4 Å². The first-order valence-electron chi connectivity index (χ1n) is 13.0. The molecule has 0 aromatic heterocycles. The van der Waals surface area contributed by atoms with E-state index in [1.54, 1.807) is 44.2 Å². The number of nitrogens with one attached hydrogen (secondary N) is 2. The monoisotopic (exact) mass is 636 g/mol. The number of carbonyl (C=O) groups excluding carboxylic acids is 3. The maximum Gasteiger partial charge on any atom is 0.344 e. The maximum absolute atomic E-state index is 12.9. The van der Waals surface area contributed by atoms with Gasteiger partial charge in [0, 0.05) is 17.2 Å². The van der Waals surface area contributed by atoms with Gasteiger partial charge in [-0.2, -0.15) is 0 Å². The molecule has 3 aromatic carbocycles. The molecule has 0 fully saturated rings. The van der Waals surface area contributed by atoms with E-state index in [4.69, 9.17) is 14.2 Å². The number of fused-ring (bicyclic) bond motifs is 1. The molecule has 0 radical (unpaired) electrons. The van der Waals surface area contributed by atoms with Crippen LogP contribution in [0.5, 0.6) is 11.5 Å². The van der Waals surface area contributed by atoms with Crippen molar-refractivity contribution in [3.63, 3.8) is 0 Å². The molecule has 0 saturated carbocycles. The summed E-state index contributed by atoms with van der Waals surface area (Å²) in [7, 11) is 1.52. The van der Waals surface area contributed by atoms with Crippen molar-refractivity contribution in [2.24, 2.45) is 0 Å². The van der Waals surface area contributed by atoms with Crippen molar-refractivity contribution in [2.45, 2.75) is 43.5 Å². The minimum atomic E-state index is -0.820. The number of amides is 1. The number of esters is 2. The predicted octanol–water partition coefficient (Wildman–Crippen LogP) is 6.82. The van der Waals surface area contributed by atoms with Crippen LogP contribution in [0.2, 0.25) is 0 Å². The Morgan fingerprint density at radius 2 is 1.83 bits per heavy atom. The Kier molecular flexibility index (Phi) is 8.15. The van der Waals surface area contributed by atoms with E-state index in [1.165, 1.54) is 18.9 Å². The van der Waals surface area contributed by atoms with E-state index in [0.29, 0.717) is 50.0 Å². The molecule has 0 spiro atoms. The number of thioether (sulfide) groups is 1. The first-order valence-corrected chi connectivity index (χ1v) is 14.8. The van der Waals surface area contributed by atoms with Crippen LogP contribution in [0.25, 0.3) is 11.1 Å². The summed E-state index contributed by atoms with van der Waals surface area (Å²) in [5, 5.41) is 6.27. The summed E-state index contributed by atoms with van der Waals surface area (Å²) < 4.78 is 17.2. The van der Waals surface area contributed by atoms with Crippen molar-refractivity contribution in [1.29, 1.82) is 0 Å². The number of hydrogen-bond acceptors (Lipinski definition) is 8. The van der Waals surface area contributed by atoms with Crippen molar-refractivity contribution in [3.8, 4) is 22.6 Å². The zero-order chi connectivity index (χ0) is 29.3. The van der Waals surface area contributed by atoms with Crippen molar-refractivity contribution in [1.82, 2.24) is 0 Å². The second-order valence-corrected chi connectivity index (χ2v) is 13.1. The minimum Gasteiger partial charge on any atom is -0.496 e. The first kappa shape index (κ1) is 28.8. The van der Waals surface area contributed by atoms with Gasteiger partial charge in [-0.3, -0.25) is 4.79 Å². The molecule has 2 heterocycles. The van der Waals surface area contributed by atoms with Gasteiger partial charge >= 0.3 is 11.9 Å². The van der Waals surface area contributed by atoms with E-state index in [1.807, 2.05) is 37.3 Å². The molecule has 212 valence electrons. The van der Waals surface area contributed by atoms with Gasteiger partial charge in [0.1, 0.15) is 23.6 Å². The number of hydrogen-bond donors (Lipinski definition) is 2. The molecule has 1 atom stereocenters. The highest BCUT2D eigenvalue weighted by molar-refractivity contribution is 9.11. The molecule has 2 aliphatic rings. The van der Waals surface area contributed by atoms with Crippen LogP contribution in [0.15, 0.2) is 65.6 Å². The Morgan fingerprint density at radius 1 is 1.07 bits per heavy atom. The molecule has 1 unspecified atom stereocenters. The topological polar surface area (TPSA) is 103 Å². The molecular formula is C31H29BrN2O6S. The number of allylic oxidation sites excluding steroid dienone is 1. The lowest BCUT2D eigenvalue weighted by atomic mass is 9.92. The van der Waals surface area contributed by atoms with Crippen LogP contribution in [0.1, 0.15) is 41.8 Å². The third-order valence-electron chi connectivity index (χ3n) is 6.90. The van der Waals surface area contributed by atoms with Gasteiger partial charge in [-0.15, -0.1) is 11.8 Å². The van der Waals surface area contributed by atoms with Gasteiger partial charge in [0.2, 0.25) is 5.91 Å². The summed E-state index contributed by atoms with van der Waals surface area (Å²) in [5.74, 6) is -0.353. The Labute approximate surface area is 251 Å². The molecule has 3 aromatic rings. The van der Waals surface area contributed by atoms with Gasteiger partial charge in [0.25, 0.3) is 0 Å². The quantitative estimate of drug-likeness (QED) is 0.165. The Balaban J connectivity index is 1.50. The molecule has 2 aliphatic heterocycles. The molecule has 41 heavy (non-hydrogen) atoms. The number of benzene rings is 3. The van der Waals surface area contributed by atoms with Crippen molar-refractivity contribution in [3.05, 3.63) is 82.3 Å². The molecule has 0 bridgehead atoms. The lowest BCUT2D eigenvalue weighted by molar-refractivity contribution is -0.139. The zero-order valence-corrected chi connectivity index (χ0v) is 25.4. The number of rotatable bonds is 7. The molecule has 1 amide bonds. The number of aryl methyl sites for hydroxylation is 1. The minimum absolute atomic E-state index is 0.0856. The number of ether oxygens (including phenoxy) is 3. The van der Waals surface area contributed by atoms with E-state index in [0.717, 1.165) is 12.0 Å². The van der Waals surface area contributed by atoms with Crippen LogP contribution in [0.3, 0.4) is 0 Å². The standard InChI is InChI=1S/C31H29BrN2O6S/c1-17-7-5-6-8-19(17)28(35)40-18-9-10-21(24(15-18)38-4)20-11-12-23-27(33-30(37)31(2,3)34-23)22(20)16-39-29(36)25-13-14-26(32)41-25/h5-13,15,26,34H,14,16H2,1-4H3,(H,33,37). The summed E-state index contributed by atoms with van der Waals surface area (Å²) in [6.07, 6.45) is 2.58. The van der Waals surface area contributed by atoms with E-state index in [-0.39, 0.29) is 16.7 Å². The van der Waals surface area contributed by atoms with Gasteiger partial charge in [0.15, 0.2) is 0 Å². The molecule has 10 heteroatoms. The summed E-state index contributed by atoms with van der Waals surface area (Å²) in [6, 6.07) is 16.1. The SMILES string of the molecule is COc1cc(OC(=O)c2ccccc2C)ccc1-c1ccc2c(c1COC(=O)C1=CCC(Br)S1)NC(=O)C(C)(C)N2. The first-order chi connectivity index (χ1) is 19.6. The summed E-state index contributed by atoms with van der Waals surface area (Å²) in [6.45, 7) is 5.34. The number of anilines is 2. The smallest absolute Gasteiger partial charge is 0.344 e. The van der Waals surface area contributed by atoms with E-state index >= 15 is 0 Å². The third kappa shape index (κ3) is 5.99. The second kappa shape index (κ2) is 11.6. The number of methoxy groups -OCH3 is 1. The number of alkyl halides is 1. The van der Waals surface area contributed by atoms with Crippen LogP contribution < -0.4 is 20.1 Å². The molecule has 0 saturated heterocycles. The number of carbonyl (C=O) groups is 3. The summed E-state index contributed by atoms with van der Waals surface area (Å²) >= 11 is 4.92. The van der Waals surface area contributed by atoms with Crippen LogP contribution >= 0.6 is 27.7 Å². The van der Waals surface area contributed by atoms with Crippen molar-refractivity contribution >= 4 is 56.9 Å². The van der Waals surface area contributed by atoms with Gasteiger partial charge in [-0.1, -0.05) is 46.3 Å². The summed E-state index contributed by atoms with van der Waals surface area (Å²) in [4.78, 5) is 39.1. The fraction of sp³-hybridized carbons (Fsp3) is 0.258. The van der Waals surface area contributed by atoms with E-state index < -0.39 is 17.5 Å². The molecule has 0 aliphatic carbocycles. The average Bonchev–Trinajstić information content (AvgIpc) is 3.38. The van der Waals surface area contributed by atoms with Crippen LogP contribution in [-0.2, 0) is 20.9 Å². The highest BCUT2D eigenvalue weighted by atomic mass is 79.9. The van der Waals surface area contributed by atoms with Crippen LogP contribution in [-0.4, -0.2) is 34.7 Å². The van der Waals surface area contributed by atoms with E-state index in [2.05, 4.69) is 26.6 Å². The highest BCUT2D eigenvalue weighted by Crippen LogP contribution is 2.43. The Bertz CT molecular complexity index is 1580. The summed E-state index contributed by atoms with van der Waals surface area (Å²) in [5.41, 5.74) is 3.68. The predicted molar refractivity (Wildman–Crippen MR) is 164 cm³/mol. The average molecular weight is 638 g/mol. The fourth-order valence-corrected chi connectivity index (χ4v) is 6.26. The van der Waals surface area contributed by atoms with Gasteiger partial charge in [0.05, 0.1) is 33.1 Å². The van der Waals surface area contributed by atoms with Gasteiger partial charge in [-0.25, -0.2) is 9.59 Å². The van der Waals surface area contributed by atoms with Crippen molar-refractivity contribution in [2.75, 3.05) is 17.7 Å². The normalized spacial score (nSPS) is 17.0. The van der Waals surface area contributed by atoms with Crippen molar-refractivity contribution < 1.29 is 28.6 Å². The van der Waals surface area contributed by atoms with Gasteiger partial charge in [-0.05, 0) is 62.6 Å². The van der Waals surface area contributed by atoms with Crippen LogP contribution in [0, 0.1) is 6.92 Å².